The molecule has 0 unspecified atom stereocenters. The van der Waals surface area contributed by atoms with Crippen molar-refractivity contribution in [3.05, 3.63) is 0 Å². The van der Waals surface area contributed by atoms with Gasteiger partial charge in [-0.2, -0.15) is 0 Å². The lowest BCUT2D eigenvalue weighted by molar-refractivity contribution is 0.178. The standard InChI is InChI=1S/C15H32N4O/c1-17(2)10-12-19(13-11-18(3)4)15(20)16-14-8-6-5-7-9-14/h14H,5-13H2,1-4H3,(H,16,20). The quantitative estimate of drug-likeness (QED) is 0.769. The van der Waals surface area contributed by atoms with Gasteiger partial charge < -0.3 is 20.0 Å². The molecule has 20 heavy (non-hydrogen) atoms. The SMILES string of the molecule is CN(C)CCN(CCN(C)C)C(=O)NC1CCCCC1. The molecule has 0 bridgehead atoms. The molecule has 0 aromatic heterocycles. The van der Waals surface area contributed by atoms with Crippen LogP contribution in [0.3, 0.4) is 0 Å². The van der Waals surface area contributed by atoms with Crippen LogP contribution < -0.4 is 5.32 Å². The molecule has 1 fully saturated rings. The molecule has 0 aromatic carbocycles. The fraction of sp³-hybridized carbons (Fsp3) is 0.933. The second-order valence-electron chi connectivity index (χ2n) is 6.38. The van der Waals surface area contributed by atoms with Crippen LogP contribution in [-0.4, -0.2) is 81.1 Å². The third-order valence-corrected chi connectivity index (χ3v) is 3.85. The van der Waals surface area contributed by atoms with Crippen molar-refractivity contribution in [2.24, 2.45) is 0 Å². The Kier molecular flexibility index (Phi) is 7.92. The number of carbonyl (C=O) groups is 1. The smallest absolute Gasteiger partial charge is 0.317 e. The minimum atomic E-state index is 0.112. The molecule has 5 nitrogen and oxygen atoms in total. The first kappa shape index (κ1) is 17.2. The second-order valence-corrected chi connectivity index (χ2v) is 6.38. The predicted octanol–water partition coefficient (Wildman–Crippen LogP) is 1.45. The number of likely N-dealkylation sites (N-methyl/N-ethyl adjacent to an activating group) is 2. The third-order valence-electron chi connectivity index (χ3n) is 3.85. The second kappa shape index (κ2) is 9.19. The van der Waals surface area contributed by atoms with Gasteiger partial charge in [-0.25, -0.2) is 4.79 Å². The topological polar surface area (TPSA) is 38.8 Å². The Bertz CT molecular complexity index is 263. The predicted molar refractivity (Wildman–Crippen MR) is 84.1 cm³/mol. The Balaban J connectivity index is 2.43. The highest BCUT2D eigenvalue weighted by Gasteiger charge is 2.19. The highest BCUT2D eigenvalue weighted by atomic mass is 16.2. The summed E-state index contributed by atoms with van der Waals surface area (Å²) in [4.78, 5) is 18.6. The number of amides is 2. The van der Waals surface area contributed by atoms with Gasteiger partial charge in [0, 0.05) is 32.2 Å². The highest BCUT2D eigenvalue weighted by Crippen LogP contribution is 2.17. The van der Waals surface area contributed by atoms with Gasteiger partial charge in [-0.1, -0.05) is 19.3 Å². The molecule has 1 N–H and O–H groups in total. The summed E-state index contributed by atoms with van der Waals surface area (Å²) in [6, 6.07) is 0.498. The van der Waals surface area contributed by atoms with E-state index in [0.717, 1.165) is 39.0 Å². The summed E-state index contributed by atoms with van der Waals surface area (Å²) in [7, 11) is 8.18. The summed E-state index contributed by atoms with van der Waals surface area (Å²) in [5.74, 6) is 0. The number of rotatable bonds is 7. The molecule has 0 heterocycles. The van der Waals surface area contributed by atoms with E-state index in [-0.39, 0.29) is 6.03 Å². The van der Waals surface area contributed by atoms with Crippen molar-refractivity contribution >= 4 is 6.03 Å². The van der Waals surface area contributed by atoms with Crippen LogP contribution in [0.1, 0.15) is 32.1 Å². The summed E-state index contributed by atoms with van der Waals surface area (Å²) in [6.07, 6.45) is 6.10. The van der Waals surface area contributed by atoms with E-state index in [4.69, 9.17) is 0 Å². The number of urea groups is 1. The van der Waals surface area contributed by atoms with Crippen LogP contribution in [0.15, 0.2) is 0 Å². The van der Waals surface area contributed by atoms with E-state index in [1.807, 2.05) is 33.1 Å². The Hall–Kier alpha value is -0.810. The number of nitrogens with one attached hydrogen (secondary N) is 1. The minimum absolute atomic E-state index is 0.112. The zero-order valence-corrected chi connectivity index (χ0v) is 13.7. The molecule has 1 saturated carbocycles. The van der Waals surface area contributed by atoms with Crippen LogP contribution in [-0.2, 0) is 0 Å². The van der Waals surface area contributed by atoms with Gasteiger partial charge in [-0.05, 0) is 41.0 Å². The molecular weight excluding hydrogens is 252 g/mol. The molecule has 2 amide bonds. The van der Waals surface area contributed by atoms with Crippen molar-refractivity contribution in [3.8, 4) is 0 Å². The zero-order chi connectivity index (χ0) is 15.0. The van der Waals surface area contributed by atoms with E-state index in [1.54, 1.807) is 0 Å². The molecule has 0 atom stereocenters. The van der Waals surface area contributed by atoms with Crippen molar-refractivity contribution in [1.82, 2.24) is 20.0 Å². The van der Waals surface area contributed by atoms with Crippen LogP contribution in [0.4, 0.5) is 4.79 Å². The van der Waals surface area contributed by atoms with Crippen molar-refractivity contribution < 1.29 is 4.79 Å². The van der Waals surface area contributed by atoms with Gasteiger partial charge in [0.25, 0.3) is 0 Å². The van der Waals surface area contributed by atoms with Crippen molar-refractivity contribution in [2.75, 3.05) is 54.4 Å². The fourth-order valence-electron chi connectivity index (χ4n) is 2.47. The van der Waals surface area contributed by atoms with Gasteiger partial charge in [-0.3, -0.25) is 0 Å². The van der Waals surface area contributed by atoms with Crippen LogP contribution in [0.2, 0.25) is 0 Å². The Morgan fingerprint density at radius 3 is 1.85 bits per heavy atom. The van der Waals surface area contributed by atoms with Crippen LogP contribution in [0, 0.1) is 0 Å². The fourth-order valence-corrected chi connectivity index (χ4v) is 2.47. The first-order valence-electron chi connectivity index (χ1n) is 7.84. The number of hydrogen-bond acceptors (Lipinski definition) is 3. The highest BCUT2D eigenvalue weighted by molar-refractivity contribution is 5.74. The van der Waals surface area contributed by atoms with Crippen LogP contribution >= 0.6 is 0 Å². The Morgan fingerprint density at radius 2 is 1.40 bits per heavy atom. The molecule has 0 aliphatic heterocycles. The van der Waals surface area contributed by atoms with E-state index in [2.05, 4.69) is 15.1 Å². The third kappa shape index (κ3) is 7.10. The van der Waals surface area contributed by atoms with E-state index in [1.165, 1.54) is 19.3 Å². The van der Waals surface area contributed by atoms with Gasteiger partial charge in [0.1, 0.15) is 0 Å². The molecule has 0 aromatic rings. The van der Waals surface area contributed by atoms with Gasteiger partial charge >= 0.3 is 6.03 Å². The molecule has 1 aliphatic rings. The Labute approximate surface area is 124 Å². The summed E-state index contributed by atoms with van der Waals surface area (Å²) >= 11 is 0. The summed E-state index contributed by atoms with van der Waals surface area (Å²) < 4.78 is 0. The summed E-state index contributed by atoms with van der Waals surface area (Å²) in [5.41, 5.74) is 0. The largest absolute Gasteiger partial charge is 0.335 e. The first-order chi connectivity index (χ1) is 9.49. The minimum Gasteiger partial charge on any atom is -0.335 e. The van der Waals surface area contributed by atoms with Crippen molar-refractivity contribution in [2.45, 2.75) is 38.1 Å². The normalized spacial score (nSPS) is 16.7. The van der Waals surface area contributed by atoms with Gasteiger partial charge in [-0.15, -0.1) is 0 Å². The zero-order valence-electron chi connectivity index (χ0n) is 13.7. The molecule has 1 rings (SSSR count). The average molecular weight is 284 g/mol. The Morgan fingerprint density at radius 1 is 0.900 bits per heavy atom. The van der Waals surface area contributed by atoms with Crippen molar-refractivity contribution in [1.29, 1.82) is 0 Å². The molecule has 1 aliphatic carbocycles. The number of carbonyl (C=O) groups excluding carboxylic acids is 1. The molecular formula is C15H32N4O. The van der Waals surface area contributed by atoms with E-state index in [9.17, 15) is 4.79 Å². The molecule has 0 saturated heterocycles. The van der Waals surface area contributed by atoms with Gasteiger partial charge in [0.2, 0.25) is 0 Å². The van der Waals surface area contributed by atoms with Crippen LogP contribution in [0.5, 0.6) is 0 Å². The number of hydrogen-bond donors (Lipinski definition) is 1. The monoisotopic (exact) mass is 284 g/mol. The number of nitrogens with zero attached hydrogens (tertiary/aromatic N) is 3. The summed E-state index contributed by atoms with van der Waals surface area (Å²) in [6.45, 7) is 3.40. The molecule has 5 heteroatoms. The molecule has 118 valence electrons. The maximum atomic E-state index is 12.4. The lowest BCUT2D eigenvalue weighted by atomic mass is 9.96. The van der Waals surface area contributed by atoms with Gasteiger partial charge in [0.15, 0.2) is 0 Å². The van der Waals surface area contributed by atoms with E-state index in [0.29, 0.717) is 6.04 Å². The molecule has 0 radical (unpaired) electrons. The lowest BCUT2D eigenvalue weighted by Gasteiger charge is -2.30. The van der Waals surface area contributed by atoms with Crippen molar-refractivity contribution in [3.63, 3.8) is 0 Å². The summed E-state index contributed by atoms with van der Waals surface area (Å²) in [5, 5.41) is 3.22. The van der Waals surface area contributed by atoms with E-state index < -0.39 is 0 Å². The molecule has 0 spiro atoms. The van der Waals surface area contributed by atoms with Crippen LogP contribution in [0.25, 0.3) is 0 Å². The average Bonchev–Trinajstić information content (AvgIpc) is 2.39. The van der Waals surface area contributed by atoms with E-state index >= 15 is 0 Å². The maximum Gasteiger partial charge on any atom is 0.317 e. The van der Waals surface area contributed by atoms with Gasteiger partial charge in [0.05, 0.1) is 0 Å². The first-order valence-corrected chi connectivity index (χ1v) is 7.84. The maximum absolute atomic E-state index is 12.4. The lowest BCUT2D eigenvalue weighted by Crippen LogP contribution is -2.49.